The van der Waals surface area contributed by atoms with E-state index in [1.165, 1.54) is 0 Å². The lowest BCUT2D eigenvalue weighted by molar-refractivity contribution is 0.102. The lowest BCUT2D eigenvalue weighted by Gasteiger charge is -2.12. The van der Waals surface area contributed by atoms with E-state index >= 15 is 0 Å². The summed E-state index contributed by atoms with van der Waals surface area (Å²) in [6.07, 6.45) is 0. The standard InChI is InChI=1S/C20H22N4O5S2/c1-3-28-16-11-10-14(12-17(16)29-4-2)13-21-31(26,27)20-24-23-19(30-20)22-18(25)15-8-6-5-7-9-15/h5-12,21H,3-4,13H2,1-2H3,(H,22,23,25). The molecule has 2 N–H and O–H groups in total. The first-order valence-corrected chi connectivity index (χ1v) is 11.8. The van der Waals surface area contributed by atoms with Crippen LogP contribution in [0.5, 0.6) is 11.5 Å². The van der Waals surface area contributed by atoms with Gasteiger partial charge in [-0.3, -0.25) is 10.1 Å². The molecule has 164 valence electrons. The number of rotatable bonds is 10. The van der Waals surface area contributed by atoms with Crippen LogP contribution in [0.15, 0.2) is 52.9 Å². The molecule has 0 radical (unpaired) electrons. The molecule has 0 saturated heterocycles. The van der Waals surface area contributed by atoms with Crippen molar-refractivity contribution in [1.29, 1.82) is 0 Å². The van der Waals surface area contributed by atoms with Crippen LogP contribution in [-0.2, 0) is 16.6 Å². The molecule has 9 nitrogen and oxygen atoms in total. The Labute approximate surface area is 184 Å². The second-order valence-electron chi connectivity index (χ2n) is 6.16. The van der Waals surface area contributed by atoms with Crippen LogP contribution in [0, 0.1) is 0 Å². The number of aromatic nitrogens is 2. The lowest BCUT2D eigenvalue weighted by Crippen LogP contribution is -2.23. The minimum atomic E-state index is -3.91. The Bertz CT molecular complexity index is 1130. The molecule has 11 heteroatoms. The van der Waals surface area contributed by atoms with Crippen LogP contribution in [0.1, 0.15) is 29.8 Å². The maximum absolute atomic E-state index is 12.6. The number of amides is 1. The highest BCUT2D eigenvalue weighted by Gasteiger charge is 2.21. The summed E-state index contributed by atoms with van der Waals surface area (Å²) in [6.45, 7) is 4.70. The predicted octanol–water partition coefficient (Wildman–Crippen LogP) is 3.07. The normalized spacial score (nSPS) is 11.2. The Morgan fingerprint density at radius 3 is 2.42 bits per heavy atom. The average Bonchev–Trinajstić information content (AvgIpc) is 3.24. The Morgan fingerprint density at radius 2 is 1.71 bits per heavy atom. The number of sulfonamides is 1. The fraction of sp³-hybridized carbons (Fsp3) is 0.250. The number of hydrogen-bond acceptors (Lipinski definition) is 8. The van der Waals surface area contributed by atoms with Gasteiger partial charge < -0.3 is 9.47 Å². The van der Waals surface area contributed by atoms with Gasteiger partial charge in [0.05, 0.1) is 13.2 Å². The van der Waals surface area contributed by atoms with Crippen molar-refractivity contribution in [3.63, 3.8) is 0 Å². The molecule has 1 heterocycles. The predicted molar refractivity (Wildman–Crippen MR) is 117 cm³/mol. The number of ether oxygens (including phenoxy) is 2. The van der Waals surface area contributed by atoms with Crippen molar-refractivity contribution in [3.8, 4) is 11.5 Å². The van der Waals surface area contributed by atoms with E-state index < -0.39 is 15.9 Å². The Kier molecular flexibility index (Phi) is 7.55. The van der Waals surface area contributed by atoms with Gasteiger partial charge in [0.2, 0.25) is 9.47 Å². The quantitative estimate of drug-likeness (QED) is 0.444. The van der Waals surface area contributed by atoms with Crippen LogP contribution in [-0.4, -0.2) is 37.7 Å². The third-order valence-electron chi connectivity index (χ3n) is 3.97. The van der Waals surface area contributed by atoms with Crippen LogP contribution in [0.25, 0.3) is 0 Å². The van der Waals surface area contributed by atoms with Crippen molar-refractivity contribution in [2.45, 2.75) is 24.7 Å². The van der Waals surface area contributed by atoms with Gasteiger partial charge in [-0.25, -0.2) is 13.1 Å². The van der Waals surface area contributed by atoms with Gasteiger partial charge in [-0.2, -0.15) is 0 Å². The molecule has 0 spiro atoms. The molecule has 31 heavy (non-hydrogen) atoms. The summed E-state index contributed by atoms with van der Waals surface area (Å²) in [5.41, 5.74) is 1.12. The number of nitrogens with one attached hydrogen (secondary N) is 2. The highest BCUT2D eigenvalue weighted by Crippen LogP contribution is 2.29. The first-order valence-electron chi connectivity index (χ1n) is 9.51. The number of benzene rings is 2. The zero-order valence-electron chi connectivity index (χ0n) is 17.0. The van der Waals surface area contributed by atoms with Crippen molar-refractivity contribution in [2.24, 2.45) is 0 Å². The van der Waals surface area contributed by atoms with E-state index in [0.717, 1.165) is 11.3 Å². The fourth-order valence-electron chi connectivity index (χ4n) is 2.57. The lowest BCUT2D eigenvalue weighted by atomic mass is 10.2. The molecule has 1 aromatic heterocycles. The Balaban J connectivity index is 1.66. The minimum Gasteiger partial charge on any atom is -0.490 e. The van der Waals surface area contributed by atoms with E-state index in [2.05, 4.69) is 20.2 Å². The summed E-state index contributed by atoms with van der Waals surface area (Å²) < 4.78 is 38.5. The molecule has 0 bridgehead atoms. The number of nitrogens with zero attached hydrogens (tertiary/aromatic N) is 2. The number of carbonyl (C=O) groups is 1. The van der Waals surface area contributed by atoms with Gasteiger partial charge in [-0.1, -0.05) is 35.6 Å². The summed E-state index contributed by atoms with van der Waals surface area (Å²) >= 11 is 0.769. The van der Waals surface area contributed by atoms with Crippen LogP contribution in [0.4, 0.5) is 5.13 Å². The van der Waals surface area contributed by atoms with Gasteiger partial charge in [0.1, 0.15) is 0 Å². The van der Waals surface area contributed by atoms with Crippen LogP contribution in [0.3, 0.4) is 0 Å². The van der Waals surface area contributed by atoms with Gasteiger partial charge >= 0.3 is 0 Å². The molecule has 0 fully saturated rings. The summed E-state index contributed by atoms with van der Waals surface area (Å²) in [5, 5.41) is 10.1. The van der Waals surface area contributed by atoms with Crippen LogP contribution < -0.4 is 19.5 Å². The molecule has 0 unspecified atom stereocenters. The Morgan fingerprint density at radius 1 is 1.00 bits per heavy atom. The van der Waals surface area contributed by atoms with E-state index in [0.29, 0.717) is 35.8 Å². The van der Waals surface area contributed by atoms with Gasteiger partial charge in [-0.05, 0) is 43.7 Å². The number of carbonyl (C=O) groups excluding carboxylic acids is 1. The summed E-state index contributed by atoms with van der Waals surface area (Å²) in [7, 11) is -3.91. The van der Waals surface area contributed by atoms with Gasteiger partial charge in [-0.15, -0.1) is 10.2 Å². The Hall–Kier alpha value is -3.02. The molecule has 0 aliphatic rings. The second-order valence-corrected chi connectivity index (χ2v) is 9.08. The third kappa shape index (κ3) is 6.00. The molecule has 3 aromatic rings. The maximum Gasteiger partial charge on any atom is 0.270 e. The van der Waals surface area contributed by atoms with Gasteiger partial charge in [0.15, 0.2) is 11.5 Å². The fourth-order valence-corrected chi connectivity index (χ4v) is 4.53. The largest absolute Gasteiger partial charge is 0.490 e. The first-order chi connectivity index (χ1) is 14.9. The number of hydrogen-bond donors (Lipinski definition) is 2. The number of anilines is 1. The van der Waals surface area contributed by atoms with Crippen LogP contribution in [0.2, 0.25) is 0 Å². The zero-order valence-corrected chi connectivity index (χ0v) is 18.6. The molecule has 3 rings (SSSR count). The van der Waals surface area contributed by atoms with Crippen molar-refractivity contribution in [2.75, 3.05) is 18.5 Å². The topological polar surface area (TPSA) is 120 Å². The third-order valence-corrected chi connectivity index (χ3v) is 6.57. The van der Waals surface area contributed by atoms with Crippen molar-refractivity contribution >= 4 is 32.4 Å². The van der Waals surface area contributed by atoms with E-state index in [4.69, 9.17) is 9.47 Å². The van der Waals surface area contributed by atoms with Crippen molar-refractivity contribution in [3.05, 3.63) is 59.7 Å². The molecule has 0 atom stereocenters. The second kappa shape index (κ2) is 10.3. The summed E-state index contributed by atoms with van der Waals surface area (Å²) in [5.74, 6) is 0.744. The highest BCUT2D eigenvalue weighted by molar-refractivity contribution is 7.91. The monoisotopic (exact) mass is 462 g/mol. The molecule has 2 aromatic carbocycles. The van der Waals surface area contributed by atoms with Gasteiger partial charge in [0, 0.05) is 12.1 Å². The minimum absolute atomic E-state index is 0.0279. The SMILES string of the molecule is CCOc1ccc(CNS(=O)(=O)c2nnc(NC(=O)c3ccccc3)s2)cc1OCC. The van der Waals surface area contributed by atoms with E-state index in [9.17, 15) is 13.2 Å². The zero-order chi connectivity index (χ0) is 22.3. The van der Waals surface area contributed by atoms with Gasteiger partial charge in [0.25, 0.3) is 15.9 Å². The van der Waals surface area contributed by atoms with E-state index in [1.54, 1.807) is 48.5 Å². The molecular formula is C20H22N4O5S2. The first kappa shape index (κ1) is 22.7. The van der Waals surface area contributed by atoms with Crippen molar-refractivity contribution < 1.29 is 22.7 Å². The van der Waals surface area contributed by atoms with E-state index in [1.807, 2.05) is 13.8 Å². The molecule has 0 aliphatic carbocycles. The molecule has 0 saturated carbocycles. The average molecular weight is 463 g/mol. The maximum atomic E-state index is 12.6. The summed E-state index contributed by atoms with van der Waals surface area (Å²) in [4.78, 5) is 12.2. The highest BCUT2D eigenvalue weighted by atomic mass is 32.2. The van der Waals surface area contributed by atoms with E-state index in [-0.39, 0.29) is 16.0 Å². The smallest absolute Gasteiger partial charge is 0.270 e. The molecular weight excluding hydrogens is 440 g/mol. The molecule has 0 aliphatic heterocycles. The summed E-state index contributed by atoms with van der Waals surface area (Å²) in [6, 6.07) is 13.7. The van der Waals surface area contributed by atoms with Crippen molar-refractivity contribution in [1.82, 2.24) is 14.9 Å². The van der Waals surface area contributed by atoms with Crippen LogP contribution >= 0.6 is 11.3 Å². The molecule has 1 amide bonds.